The van der Waals surface area contributed by atoms with Crippen molar-refractivity contribution in [3.8, 4) is 11.3 Å². The monoisotopic (exact) mass is 263 g/mol. The number of hydrogen-bond donors (Lipinski definition) is 0. The molecule has 0 N–H and O–H groups in total. The van der Waals surface area contributed by atoms with E-state index in [9.17, 15) is 13.2 Å². The van der Waals surface area contributed by atoms with Crippen molar-refractivity contribution in [3.05, 3.63) is 60.3 Å². The summed E-state index contributed by atoms with van der Waals surface area (Å²) in [6, 6.07) is 9.14. The van der Waals surface area contributed by atoms with Gasteiger partial charge in [0.15, 0.2) is 0 Å². The molecule has 0 aliphatic carbocycles. The highest BCUT2D eigenvalue weighted by Crippen LogP contribution is 2.31. The summed E-state index contributed by atoms with van der Waals surface area (Å²) in [5, 5.41) is 0. The average Bonchev–Trinajstić information content (AvgIpc) is 2.38. The highest BCUT2D eigenvalue weighted by Gasteiger charge is 2.30. The molecule has 19 heavy (non-hydrogen) atoms. The van der Waals surface area contributed by atoms with Crippen LogP contribution in [0.25, 0.3) is 16.8 Å². The van der Waals surface area contributed by atoms with Crippen LogP contribution in [0.15, 0.2) is 49.2 Å². The van der Waals surface area contributed by atoms with E-state index in [1.807, 2.05) is 19.1 Å². The van der Waals surface area contributed by atoms with E-state index < -0.39 is 11.7 Å². The summed E-state index contributed by atoms with van der Waals surface area (Å²) in [6.45, 7) is 5.68. The van der Waals surface area contributed by atoms with Crippen molar-refractivity contribution in [2.24, 2.45) is 0 Å². The molecule has 0 radical (unpaired) electrons. The van der Waals surface area contributed by atoms with Crippen LogP contribution in [0, 0.1) is 0 Å². The first-order chi connectivity index (χ1) is 8.88. The predicted molar refractivity (Wildman–Crippen MR) is 69.4 cm³/mol. The molecule has 0 aliphatic heterocycles. The predicted octanol–water partition coefficient (Wildman–Crippen LogP) is 4.80. The summed E-state index contributed by atoms with van der Waals surface area (Å²) in [6.07, 6.45) is -3.18. The lowest BCUT2D eigenvalue weighted by molar-refractivity contribution is -0.137. The first-order valence-electron chi connectivity index (χ1n) is 5.67. The van der Waals surface area contributed by atoms with Crippen LogP contribution in [0.2, 0.25) is 0 Å². The Morgan fingerprint density at radius 1 is 1.11 bits per heavy atom. The number of benzene rings is 1. The topological polar surface area (TPSA) is 12.9 Å². The van der Waals surface area contributed by atoms with E-state index in [0.717, 1.165) is 23.3 Å². The lowest BCUT2D eigenvalue weighted by Gasteiger charge is -2.08. The van der Waals surface area contributed by atoms with E-state index in [1.54, 1.807) is 12.1 Å². The number of alkyl halides is 3. The minimum atomic E-state index is -4.35. The summed E-state index contributed by atoms with van der Waals surface area (Å²) in [7, 11) is 0. The molecule has 1 nitrogen and oxygen atoms in total. The first-order valence-corrected chi connectivity index (χ1v) is 5.67. The molecule has 98 valence electrons. The van der Waals surface area contributed by atoms with Gasteiger partial charge in [0, 0.05) is 11.8 Å². The molecular weight excluding hydrogens is 251 g/mol. The quantitative estimate of drug-likeness (QED) is 0.758. The van der Waals surface area contributed by atoms with Gasteiger partial charge in [-0.05, 0) is 24.6 Å². The van der Waals surface area contributed by atoms with Gasteiger partial charge in [-0.3, -0.25) is 4.98 Å². The summed E-state index contributed by atoms with van der Waals surface area (Å²) in [5.74, 6) is 0. The maximum atomic E-state index is 12.6. The third-order valence-electron chi connectivity index (χ3n) is 2.76. The molecule has 0 saturated heterocycles. The molecule has 0 saturated carbocycles. The maximum Gasteiger partial charge on any atom is 0.416 e. The van der Waals surface area contributed by atoms with Gasteiger partial charge in [0.2, 0.25) is 0 Å². The fourth-order valence-electron chi connectivity index (χ4n) is 1.69. The van der Waals surface area contributed by atoms with Crippen molar-refractivity contribution in [1.82, 2.24) is 4.98 Å². The molecule has 1 heterocycles. The zero-order chi connectivity index (χ0) is 14.0. The second-order valence-corrected chi connectivity index (χ2v) is 4.29. The standard InChI is InChI=1S/C15H12F3N/c1-10(2)11-3-5-12(6-4-11)14-9-13(7-8-19-14)15(16,17)18/h3-9H,1H2,2H3. The van der Waals surface area contributed by atoms with E-state index in [2.05, 4.69) is 11.6 Å². The molecule has 0 amide bonds. The van der Waals surface area contributed by atoms with Crippen LogP contribution in [-0.4, -0.2) is 4.98 Å². The van der Waals surface area contributed by atoms with Crippen LogP contribution in [0.5, 0.6) is 0 Å². The van der Waals surface area contributed by atoms with Crippen LogP contribution in [-0.2, 0) is 6.18 Å². The van der Waals surface area contributed by atoms with Gasteiger partial charge in [-0.2, -0.15) is 13.2 Å². The highest BCUT2D eigenvalue weighted by molar-refractivity contribution is 5.67. The van der Waals surface area contributed by atoms with E-state index in [-0.39, 0.29) is 0 Å². The molecule has 0 atom stereocenters. The molecule has 2 aromatic rings. The number of halogens is 3. The second kappa shape index (κ2) is 4.88. The fraction of sp³-hybridized carbons (Fsp3) is 0.133. The number of rotatable bonds is 2. The Morgan fingerprint density at radius 3 is 2.26 bits per heavy atom. The Hall–Kier alpha value is -2.10. The molecule has 2 rings (SSSR count). The van der Waals surface area contributed by atoms with E-state index in [4.69, 9.17) is 0 Å². The van der Waals surface area contributed by atoms with Crippen LogP contribution in [0.3, 0.4) is 0 Å². The van der Waals surface area contributed by atoms with E-state index in [0.29, 0.717) is 11.3 Å². The Bertz CT molecular complexity index is 598. The molecule has 1 aromatic heterocycles. The highest BCUT2D eigenvalue weighted by atomic mass is 19.4. The van der Waals surface area contributed by atoms with Crippen molar-refractivity contribution in [2.45, 2.75) is 13.1 Å². The third-order valence-corrected chi connectivity index (χ3v) is 2.76. The maximum absolute atomic E-state index is 12.6. The van der Waals surface area contributed by atoms with Crippen molar-refractivity contribution >= 4 is 5.57 Å². The second-order valence-electron chi connectivity index (χ2n) is 4.29. The summed E-state index contributed by atoms with van der Waals surface area (Å²) >= 11 is 0. The molecule has 0 aliphatic rings. The van der Waals surface area contributed by atoms with E-state index >= 15 is 0 Å². The number of hydrogen-bond acceptors (Lipinski definition) is 1. The molecule has 0 fully saturated rings. The van der Waals surface area contributed by atoms with E-state index in [1.165, 1.54) is 6.20 Å². The molecular formula is C15H12F3N. The van der Waals surface area contributed by atoms with Crippen molar-refractivity contribution < 1.29 is 13.2 Å². The van der Waals surface area contributed by atoms with Crippen molar-refractivity contribution in [3.63, 3.8) is 0 Å². The van der Waals surface area contributed by atoms with Crippen molar-refractivity contribution in [1.29, 1.82) is 0 Å². The van der Waals surface area contributed by atoms with Gasteiger partial charge in [-0.15, -0.1) is 0 Å². The zero-order valence-electron chi connectivity index (χ0n) is 10.3. The van der Waals surface area contributed by atoms with Crippen LogP contribution < -0.4 is 0 Å². The van der Waals surface area contributed by atoms with Crippen LogP contribution in [0.1, 0.15) is 18.1 Å². The fourth-order valence-corrected chi connectivity index (χ4v) is 1.69. The average molecular weight is 263 g/mol. The summed E-state index contributed by atoms with van der Waals surface area (Å²) < 4.78 is 37.8. The molecule has 1 aromatic carbocycles. The Kier molecular flexibility index (Phi) is 3.42. The van der Waals surface area contributed by atoms with Gasteiger partial charge >= 0.3 is 6.18 Å². The number of pyridine rings is 1. The van der Waals surface area contributed by atoms with Crippen LogP contribution in [0.4, 0.5) is 13.2 Å². The minimum absolute atomic E-state index is 0.308. The zero-order valence-corrected chi connectivity index (χ0v) is 10.3. The Balaban J connectivity index is 2.39. The van der Waals surface area contributed by atoms with Gasteiger partial charge < -0.3 is 0 Å². The van der Waals surface area contributed by atoms with Gasteiger partial charge in [0.25, 0.3) is 0 Å². The lowest BCUT2D eigenvalue weighted by Crippen LogP contribution is -2.05. The lowest BCUT2D eigenvalue weighted by atomic mass is 10.0. The SMILES string of the molecule is C=C(C)c1ccc(-c2cc(C(F)(F)F)ccn2)cc1. The van der Waals surface area contributed by atoms with Crippen LogP contribution >= 0.6 is 0 Å². The Morgan fingerprint density at radius 2 is 1.74 bits per heavy atom. The Labute approximate surface area is 109 Å². The van der Waals surface area contributed by atoms with Crippen molar-refractivity contribution in [2.75, 3.05) is 0 Å². The normalized spacial score (nSPS) is 11.4. The number of nitrogens with zero attached hydrogens (tertiary/aromatic N) is 1. The third kappa shape index (κ3) is 3.02. The van der Waals surface area contributed by atoms with Gasteiger partial charge in [-0.1, -0.05) is 36.4 Å². The summed E-state index contributed by atoms with van der Waals surface area (Å²) in [4.78, 5) is 3.98. The van der Waals surface area contributed by atoms with Gasteiger partial charge in [0.1, 0.15) is 0 Å². The molecule has 0 unspecified atom stereocenters. The first kappa shape index (κ1) is 13.3. The molecule has 4 heteroatoms. The molecule has 0 spiro atoms. The summed E-state index contributed by atoms with van der Waals surface area (Å²) in [5.41, 5.74) is 2.12. The van der Waals surface area contributed by atoms with Gasteiger partial charge in [0.05, 0.1) is 11.3 Å². The number of allylic oxidation sites excluding steroid dienone is 1. The van der Waals surface area contributed by atoms with Gasteiger partial charge in [-0.25, -0.2) is 0 Å². The minimum Gasteiger partial charge on any atom is -0.256 e. The largest absolute Gasteiger partial charge is 0.416 e. The smallest absolute Gasteiger partial charge is 0.256 e. The number of aromatic nitrogens is 1. The molecule has 0 bridgehead atoms.